The molecule has 0 atom stereocenters. The molecule has 31 heavy (non-hydrogen) atoms. The van der Waals surface area contributed by atoms with Gasteiger partial charge in [0, 0.05) is 16.7 Å². The number of anilines is 1. The molecule has 0 aliphatic carbocycles. The van der Waals surface area contributed by atoms with Gasteiger partial charge >= 0.3 is 0 Å². The van der Waals surface area contributed by atoms with Crippen LogP contribution in [0, 0.1) is 12.7 Å². The smallest absolute Gasteiger partial charge is 0.278 e. The van der Waals surface area contributed by atoms with Crippen molar-refractivity contribution in [3.05, 3.63) is 93.8 Å². The van der Waals surface area contributed by atoms with E-state index in [9.17, 15) is 9.18 Å². The summed E-state index contributed by atoms with van der Waals surface area (Å²) < 4.78 is 26.8. The maximum absolute atomic E-state index is 13.3. The van der Waals surface area contributed by atoms with Gasteiger partial charge in [-0.25, -0.2) is 4.39 Å². The third kappa shape index (κ3) is 5.18. The molecule has 0 saturated heterocycles. The Morgan fingerprint density at radius 2 is 2.06 bits per heavy atom. The zero-order chi connectivity index (χ0) is 21.8. The van der Waals surface area contributed by atoms with Gasteiger partial charge in [-0.1, -0.05) is 39.3 Å². The number of rotatable bonds is 7. The standard InChI is InChI=1S/C22H18BrFN4O3/c1-14-20(13-30-19-4-2-3-17(24)9-19)21(27-31-14)22(29)26-18-10-25-28(12-18)11-15-5-7-16(23)8-6-15/h2-10,12H,11,13H2,1H3,(H,26,29). The van der Waals surface area contributed by atoms with Crippen molar-refractivity contribution in [2.45, 2.75) is 20.1 Å². The number of aromatic nitrogens is 3. The third-order valence-corrected chi connectivity index (χ3v) is 5.06. The lowest BCUT2D eigenvalue weighted by Crippen LogP contribution is -2.15. The minimum absolute atomic E-state index is 0.0182. The summed E-state index contributed by atoms with van der Waals surface area (Å²) in [5, 5.41) is 10.9. The topological polar surface area (TPSA) is 82.2 Å². The SMILES string of the molecule is Cc1onc(C(=O)Nc2cnn(Cc3ccc(Br)cc3)c2)c1COc1cccc(F)c1. The van der Waals surface area contributed by atoms with Crippen LogP contribution in [0.4, 0.5) is 10.1 Å². The van der Waals surface area contributed by atoms with E-state index in [1.165, 1.54) is 12.1 Å². The van der Waals surface area contributed by atoms with Gasteiger partial charge in [0.2, 0.25) is 0 Å². The van der Waals surface area contributed by atoms with Crippen LogP contribution in [0.3, 0.4) is 0 Å². The first-order valence-electron chi connectivity index (χ1n) is 9.40. The molecule has 0 aliphatic rings. The van der Waals surface area contributed by atoms with Crippen LogP contribution in [0.25, 0.3) is 0 Å². The van der Waals surface area contributed by atoms with Crippen LogP contribution in [-0.4, -0.2) is 20.8 Å². The van der Waals surface area contributed by atoms with Crippen LogP contribution in [0.5, 0.6) is 5.75 Å². The Labute approximate surface area is 185 Å². The predicted molar refractivity (Wildman–Crippen MR) is 115 cm³/mol. The van der Waals surface area contributed by atoms with Crippen molar-refractivity contribution in [2.24, 2.45) is 0 Å². The lowest BCUT2D eigenvalue weighted by Gasteiger charge is -2.07. The van der Waals surface area contributed by atoms with Gasteiger partial charge in [0.1, 0.15) is 23.9 Å². The van der Waals surface area contributed by atoms with E-state index >= 15 is 0 Å². The molecular formula is C22H18BrFN4O3. The number of ether oxygens (including phenoxy) is 1. The monoisotopic (exact) mass is 484 g/mol. The summed E-state index contributed by atoms with van der Waals surface area (Å²) in [6.45, 7) is 2.27. The molecule has 2 aromatic carbocycles. The molecule has 4 rings (SSSR count). The molecular weight excluding hydrogens is 467 g/mol. The summed E-state index contributed by atoms with van der Waals surface area (Å²) in [5.74, 6) is -0.0517. The summed E-state index contributed by atoms with van der Waals surface area (Å²) in [6.07, 6.45) is 3.29. The number of hydrogen-bond acceptors (Lipinski definition) is 5. The average molecular weight is 485 g/mol. The minimum atomic E-state index is -0.446. The molecule has 9 heteroatoms. The van der Waals surface area contributed by atoms with Crippen LogP contribution in [0.1, 0.15) is 27.4 Å². The van der Waals surface area contributed by atoms with Gasteiger partial charge in [0.15, 0.2) is 5.69 Å². The van der Waals surface area contributed by atoms with Crippen LogP contribution >= 0.6 is 15.9 Å². The molecule has 4 aromatic rings. The summed E-state index contributed by atoms with van der Waals surface area (Å²) in [5.41, 5.74) is 2.20. The van der Waals surface area contributed by atoms with E-state index in [1.54, 1.807) is 36.1 Å². The van der Waals surface area contributed by atoms with Crippen molar-refractivity contribution >= 4 is 27.5 Å². The lowest BCUT2D eigenvalue weighted by atomic mass is 10.2. The second kappa shape index (κ2) is 9.13. The molecule has 0 bridgehead atoms. The van der Waals surface area contributed by atoms with Crippen molar-refractivity contribution in [1.82, 2.24) is 14.9 Å². The molecule has 158 valence electrons. The van der Waals surface area contributed by atoms with Crippen LogP contribution in [-0.2, 0) is 13.2 Å². The Hall–Kier alpha value is -3.46. The maximum Gasteiger partial charge on any atom is 0.278 e. The molecule has 0 fully saturated rings. The number of amides is 1. The Morgan fingerprint density at radius 3 is 2.84 bits per heavy atom. The van der Waals surface area contributed by atoms with Crippen molar-refractivity contribution in [3.63, 3.8) is 0 Å². The Balaban J connectivity index is 1.42. The number of nitrogens with zero attached hydrogens (tertiary/aromatic N) is 3. The van der Waals surface area contributed by atoms with Gasteiger partial charge in [-0.2, -0.15) is 5.10 Å². The summed E-state index contributed by atoms with van der Waals surface area (Å²) in [7, 11) is 0. The highest BCUT2D eigenvalue weighted by atomic mass is 79.9. The highest BCUT2D eigenvalue weighted by molar-refractivity contribution is 9.10. The second-order valence-corrected chi connectivity index (χ2v) is 7.73. The molecule has 0 spiro atoms. The van der Waals surface area contributed by atoms with Crippen LogP contribution < -0.4 is 10.1 Å². The van der Waals surface area contributed by atoms with E-state index in [4.69, 9.17) is 9.26 Å². The number of nitrogens with one attached hydrogen (secondary N) is 1. The van der Waals surface area contributed by atoms with E-state index < -0.39 is 11.7 Å². The Morgan fingerprint density at radius 1 is 1.26 bits per heavy atom. The van der Waals surface area contributed by atoms with Crippen molar-refractivity contribution in [3.8, 4) is 5.75 Å². The molecule has 1 amide bonds. The molecule has 1 N–H and O–H groups in total. The van der Waals surface area contributed by atoms with Crippen molar-refractivity contribution in [1.29, 1.82) is 0 Å². The summed E-state index contributed by atoms with van der Waals surface area (Å²) >= 11 is 3.41. The van der Waals surface area contributed by atoms with Gasteiger partial charge in [0.25, 0.3) is 5.91 Å². The maximum atomic E-state index is 13.3. The molecule has 0 radical (unpaired) electrons. The fourth-order valence-electron chi connectivity index (χ4n) is 2.93. The normalized spacial score (nSPS) is 10.8. The van der Waals surface area contributed by atoms with E-state index in [0.29, 0.717) is 29.3 Å². The third-order valence-electron chi connectivity index (χ3n) is 4.53. The first-order chi connectivity index (χ1) is 15.0. The van der Waals surface area contributed by atoms with Gasteiger partial charge in [-0.3, -0.25) is 9.48 Å². The Kier molecular flexibility index (Phi) is 6.13. The number of carbonyl (C=O) groups excluding carboxylic acids is 1. The molecule has 2 aromatic heterocycles. The van der Waals surface area contributed by atoms with Gasteiger partial charge < -0.3 is 14.6 Å². The number of halogens is 2. The molecule has 7 nitrogen and oxygen atoms in total. The average Bonchev–Trinajstić information content (AvgIpc) is 3.34. The van der Waals surface area contributed by atoms with Crippen molar-refractivity contribution < 1.29 is 18.4 Å². The van der Waals surface area contributed by atoms with Gasteiger partial charge in [-0.15, -0.1) is 0 Å². The number of hydrogen-bond donors (Lipinski definition) is 1. The quantitative estimate of drug-likeness (QED) is 0.400. The molecule has 0 unspecified atom stereocenters. The first kappa shape index (κ1) is 20.8. The van der Waals surface area contributed by atoms with E-state index in [2.05, 4.69) is 31.5 Å². The fourth-order valence-corrected chi connectivity index (χ4v) is 3.20. The zero-order valence-corrected chi connectivity index (χ0v) is 18.1. The number of carbonyl (C=O) groups is 1. The van der Waals surface area contributed by atoms with Crippen LogP contribution in [0.15, 0.2) is 69.9 Å². The van der Waals surface area contributed by atoms with Gasteiger partial charge in [0.05, 0.1) is 24.0 Å². The van der Waals surface area contributed by atoms with E-state index in [-0.39, 0.29) is 12.3 Å². The largest absolute Gasteiger partial charge is 0.489 e. The van der Waals surface area contributed by atoms with Crippen LogP contribution in [0.2, 0.25) is 0 Å². The Bertz CT molecular complexity index is 1200. The number of aryl methyl sites for hydroxylation is 1. The van der Waals surface area contributed by atoms with Gasteiger partial charge in [-0.05, 0) is 36.8 Å². The minimum Gasteiger partial charge on any atom is -0.489 e. The second-order valence-electron chi connectivity index (χ2n) is 6.82. The van der Waals surface area contributed by atoms with E-state index in [1.807, 2.05) is 24.3 Å². The summed E-state index contributed by atoms with van der Waals surface area (Å²) in [4.78, 5) is 12.7. The molecule has 0 aliphatic heterocycles. The lowest BCUT2D eigenvalue weighted by molar-refractivity contribution is 0.101. The molecule has 0 saturated carbocycles. The first-order valence-corrected chi connectivity index (χ1v) is 10.2. The predicted octanol–water partition coefficient (Wildman–Crippen LogP) is 4.96. The number of benzene rings is 2. The van der Waals surface area contributed by atoms with Crippen molar-refractivity contribution in [2.75, 3.05) is 5.32 Å². The highest BCUT2D eigenvalue weighted by Crippen LogP contribution is 2.20. The zero-order valence-electron chi connectivity index (χ0n) is 16.5. The summed E-state index contributed by atoms with van der Waals surface area (Å²) in [6, 6.07) is 13.7. The highest BCUT2D eigenvalue weighted by Gasteiger charge is 2.21. The van der Waals surface area contributed by atoms with E-state index in [0.717, 1.165) is 10.0 Å². The molecule has 2 heterocycles. The fraction of sp³-hybridized carbons (Fsp3) is 0.136.